The maximum absolute atomic E-state index is 12.6. The monoisotopic (exact) mass is 475 g/mol. The van der Waals surface area contributed by atoms with Crippen LogP contribution in [0, 0.1) is 5.92 Å². The molecular weight excluding hydrogens is 450 g/mol. The van der Waals surface area contributed by atoms with Crippen molar-refractivity contribution in [2.45, 2.75) is 38.5 Å². The van der Waals surface area contributed by atoms with Gasteiger partial charge in [-0.15, -0.1) is 0 Å². The Morgan fingerprint density at radius 1 is 0.900 bits per heavy atom. The van der Waals surface area contributed by atoms with Gasteiger partial charge in [-0.3, -0.25) is 24.1 Å². The van der Waals surface area contributed by atoms with Gasteiger partial charge in [-0.25, -0.2) is 0 Å². The zero-order chi connectivity index (χ0) is 21.3. The van der Waals surface area contributed by atoms with Crippen molar-refractivity contribution in [2.75, 3.05) is 32.7 Å². The predicted molar refractivity (Wildman–Crippen MR) is 114 cm³/mol. The van der Waals surface area contributed by atoms with E-state index in [1.165, 1.54) is 0 Å². The third-order valence-corrected chi connectivity index (χ3v) is 6.86. The Balaban J connectivity index is 1.24. The summed E-state index contributed by atoms with van der Waals surface area (Å²) in [6.45, 7) is 3.11. The highest BCUT2D eigenvalue weighted by Crippen LogP contribution is 2.27. The quantitative estimate of drug-likeness (QED) is 0.613. The average Bonchev–Trinajstić information content (AvgIpc) is 3.35. The fourth-order valence-electron chi connectivity index (χ4n) is 4.56. The van der Waals surface area contributed by atoms with E-state index in [1.54, 1.807) is 23.1 Å². The molecule has 3 aliphatic rings. The van der Waals surface area contributed by atoms with Crippen LogP contribution in [0.3, 0.4) is 0 Å². The zero-order valence-electron chi connectivity index (χ0n) is 16.9. The van der Waals surface area contributed by atoms with Crippen molar-refractivity contribution in [1.29, 1.82) is 0 Å². The summed E-state index contributed by atoms with van der Waals surface area (Å²) in [4.78, 5) is 54.9. The second kappa shape index (κ2) is 8.88. The molecule has 2 saturated heterocycles. The number of nitrogens with zero attached hydrogens (tertiary/aromatic N) is 3. The normalized spacial score (nSPS) is 19.6. The lowest BCUT2D eigenvalue weighted by Gasteiger charge is -2.32. The van der Waals surface area contributed by atoms with Gasteiger partial charge in [0.15, 0.2) is 0 Å². The molecule has 8 heteroatoms. The number of hydrogen-bond acceptors (Lipinski definition) is 4. The number of piperidine rings is 1. The molecule has 4 rings (SSSR count). The van der Waals surface area contributed by atoms with Crippen LogP contribution < -0.4 is 0 Å². The number of benzene rings is 1. The lowest BCUT2D eigenvalue weighted by molar-refractivity contribution is -0.133. The first kappa shape index (κ1) is 21.0. The summed E-state index contributed by atoms with van der Waals surface area (Å²) in [5.41, 5.74) is 0.768. The van der Waals surface area contributed by atoms with Crippen LogP contribution in [-0.4, -0.2) is 71.1 Å². The largest absolute Gasteiger partial charge is 0.343 e. The number of halogens is 1. The minimum absolute atomic E-state index is 0.0444. The Bertz CT molecular complexity index is 873. The second-order valence-corrected chi connectivity index (χ2v) is 9.23. The van der Waals surface area contributed by atoms with Gasteiger partial charge in [-0.2, -0.15) is 0 Å². The van der Waals surface area contributed by atoms with Gasteiger partial charge in [-0.1, -0.05) is 15.9 Å². The summed E-state index contributed by atoms with van der Waals surface area (Å²) in [5.74, 6) is -0.152. The second-order valence-electron chi connectivity index (χ2n) is 8.32. The first-order valence-corrected chi connectivity index (χ1v) is 11.4. The van der Waals surface area contributed by atoms with Crippen molar-refractivity contribution < 1.29 is 19.2 Å². The average molecular weight is 476 g/mol. The fourth-order valence-corrected chi connectivity index (χ4v) is 4.92. The van der Waals surface area contributed by atoms with Crippen molar-refractivity contribution in [3.8, 4) is 0 Å². The lowest BCUT2D eigenvalue weighted by atomic mass is 9.93. The van der Waals surface area contributed by atoms with Crippen LogP contribution in [0.1, 0.15) is 59.2 Å². The van der Waals surface area contributed by atoms with Crippen LogP contribution in [0.5, 0.6) is 0 Å². The number of fused-ring (bicyclic) bond motifs is 1. The summed E-state index contributed by atoms with van der Waals surface area (Å²) in [6.07, 6.45) is 4.56. The molecule has 3 aliphatic heterocycles. The zero-order valence-corrected chi connectivity index (χ0v) is 18.5. The lowest BCUT2D eigenvalue weighted by Crippen LogP contribution is -2.41. The number of carbonyl (C=O) groups excluding carboxylic acids is 4. The molecule has 0 aliphatic carbocycles. The van der Waals surface area contributed by atoms with E-state index in [1.807, 2.05) is 4.90 Å². The van der Waals surface area contributed by atoms with Crippen molar-refractivity contribution in [3.63, 3.8) is 0 Å². The van der Waals surface area contributed by atoms with E-state index in [9.17, 15) is 19.2 Å². The van der Waals surface area contributed by atoms with Crippen molar-refractivity contribution in [1.82, 2.24) is 14.7 Å². The highest BCUT2D eigenvalue weighted by molar-refractivity contribution is 9.10. The highest BCUT2D eigenvalue weighted by atomic mass is 79.9. The summed E-state index contributed by atoms with van der Waals surface area (Å²) >= 11 is 3.32. The standard InChI is InChI=1S/C22H26BrN3O4/c23-16-3-4-17-18(14-16)22(30)26(21(17)29)12-7-19(27)25-10-5-15(6-11-25)13-20(28)24-8-1-2-9-24/h3-4,14-15H,1-2,5-13H2. The molecule has 7 nitrogen and oxygen atoms in total. The predicted octanol–water partition coefficient (Wildman–Crippen LogP) is 2.69. The van der Waals surface area contributed by atoms with E-state index in [-0.39, 0.29) is 36.6 Å². The van der Waals surface area contributed by atoms with E-state index in [2.05, 4.69) is 15.9 Å². The van der Waals surface area contributed by atoms with Gasteiger partial charge >= 0.3 is 0 Å². The molecule has 0 bridgehead atoms. The van der Waals surface area contributed by atoms with Crippen molar-refractivity contribution in [2.24, 2.45) is 5.92 Å². The van der Waals surface area contributed by atoms with Gasteiger partial charge in [0.1, 0.15) is 0 Å². The molecule has 0 saturated carbocycles. The molecule has 0 spiro atoms. The Morgan fingerprint density at radius 2 is 1.53 bits per heavy atom. The van der Waals surface area contributed by atoms with Crippen molar-refractivity contribution in [3.05, 3.63) is 33.8 Å². The Kier molecular flexibility index (Phi) is 6.22. The summed E-state index contributed by atoms with van der Waals surface area (Å²) < 4.78 is 0.742. The van der Waals surface area contributed by atoms with Gasteiger partial charge in [-0.05, 0) is 49.8 Å². The molecule has 4 amide bonds. The molecule has 0 N–H and O–H groups in total. The Labute approximate surface area is 184 Å². The molecule has 1 aromatic carbocycles. The van der Waals surface area contributed by atoms with Crippen LogP contribution in [0.4, 0.5) is 0 Å². The van der Waals surface area contributed by atoms with Crippen LogP contribution in [0.25, 0.3) is 0 Å². The van der Waals surface area contributed by atoms with Crippen LogP contribution in [0.15, 0.2) is 22.7 Å². The summed E-state index contributed by atoms with van der Waals surface area (Å²) in [5, 5.41) is 0. The number of rotatable bonds is 5. The van der Waals surface area contributed by atoms with E-state index < -0.39 is 0 Å². The molecule has 0 atom stereocenters. The van der Waals surface area contributed by atoms with E-state index >= 15 is 0 Å². The first-order chi connectivity index (χ1) is 14.4. The summed E-state index contributed by atoms with van der Waals surface area (Å²) in [7, 11) is 0. The van der Waals surface area contributed by atoms with Crippen molar-refractivity contribution >= 4 is 39.6 Å². The molecule has 0 unspecified atom stereocenters. The number of amides is 4. The topological polar surface area (TPSA) is 78.0 Å². The smallest absolute Gasteiger partial charge is 0.261 e. The highest BCUT2D eigenvalue weighted by Gasteiger charge is 2.36. The van der Waals surface area contributed by atoms with Gasteiger partial charge in [0.05, 0.1) is 11.1 Å². The van der Waals surface area contributed by atoms with Gasteiger partial charge in [0.25, 0.3) is 11.8 Å². The third-order valence-electron chi connectivity index (χ3n) is 6.37. The SMILES string of the molecule is O=C(CCN1C(=O)c2ccc(Br)cc2C1=O)N1CCC(CC(=O)N2CCCC2)CC1. The molecule has 0 radical (unpaired) electrons. The number of carbonyl (C=O) groups is 4. The Hall–Kier alpha value is -2.22. The van der Waals surface area contributed by atoms with E-state index in [4.69, 9.17) is 0 Å². The van der Waals surface area contributed by atoms with Crippen LogP contribution in [0.2, 0.25) is 0 Å². The minimum atomic E-state index is -0.344. The molecule has 0 aromatic heterocycles. The van der Waals surface area contributed by atoms with E-state index in [0.29, 0.717) is 36.6 Å². The molecule has 1 aromatic rings. The van der Waals surface area contributed by atoms with E-state index in [0.717, 1.165) is 48.1 Å². The molecule has 3 heterocycles. The maximum Gasteiger partial charge on any atom is 0.261 e. The van der Waals surface area contributed by atoms with Gasteiger partial charge < -0.3 is 9.80 Å². The Morgan fingerprint density at radius 3 is 2.23 bits per heavy atom. The third kappa shape index (κ3) is 4.29. The van der Waals surface area contributed by atoms with Gasteiger partial charge in [0.2, 0.25) is 11.8 Å². The maximum atomic E-state index is 12.6. The molecular formula is C22H26BrN3O4. The number of likely N-dealkylation sites (tertiary alicyclic amines) is 2. The number of imide groups is 1. The molecule has 30 heavy (non-hydrogen) atoms. The minimum Gasteiger partial charge on any atom is -0.343 e. The summed E-state index contributed by atoms with van der Waals surface area (Å²) in [6, 6.07) is 5.01. The molecule has 160 valence electrons. The van der Waals surface area contributed by atoms with Gasteiger partial charge in [0, 0.05) is 50.0 Å². The molecule has 2 fully saturated rings. The van der Waals surface area contributed by atoms with Crippen LogP contribution in [-0.2, 0) is 9.59 Å². The number of hydrogen-bond donors (Lipinski definition) is 0. The van der Waals surface area contributed by atoms with Crippen LogP contribution >= 0.6 is 15.9 Å². The fraction of sp³-hybridized carbons (Fsp3) is 0.545. The first-order valence-electron chi connectivity index (χ1n) is 10.7.